The molecule has 1 rings (SSSR count). The SMILES string of the molecule is CC(C)(C)OC(=O)NCCOCCOC(=O)Oc1ccc([N+](=O)[O-])c(C(=O)O)c1. The van der Waals surface area contributed by atoms with E-state index < -0.39 is 40.0 Å². The number of nitro groups is 1. The molecule has 12 nitrogen and oxygen atoms in total. The van der Waals surface area contributed by atoms with E-state index in [9.17, 15) is 24.5 Å². The number of carboxylic acids is 1. The second-order valence-corrected chi connectivity index (χ2v) is 6.48. The fourth-order valence-corrected chi connectivity index (χ4v) is 1.86. The minimum atomic E-state index is -1.54. The van der Waals surface area contributed by atoms with Gasteiger partial charge in [0.05, 0.1) is 18.1 Å². The summed E-state index contributed by atoms with van der Waals surface area (Å²) in [6, 6.07) is 2.83. The number of nitrogens with zero attached hydrogens (tertiary/aromatic N) is 1. The Labute approximate surface area is 165 Å². The van der Waals surface area contributed by atoms with Gasteiger partial charge in [-0.25, -0.2) is 14.4 Å². The van der Waals surface area contributed by atoms with Crippen molar-refractivity contribution < 1.29 is 43.4 Å². The Morgan fingerprint density at radius 3 is 2.45 bits per heavy atom. The fourth-order valence-electron chi connectivity index (χ4n) is 1.86. The molecule has 12 heteroatoms. The van der Waals surface area contributed by atoms with Crippen molar-refractivity contribution in [2.45, 2.75) is 26.4 Å². The minimum Gasteiger partial charge on any atom is -0.477 e. The third-order valence-electron chi connectivity index (χ3n) is 2.96. The molecule has 1 aromatic carbocycles. The van der Waals surface area contributed by atoms with Crippen LogP contribution in [0.4, 0.5) is 15.3 Å². The van der Waals surface area contributed by atoms with E-state index in [1.165, 1.54) is 0 Å². The van der Waals surface area contributed by atoms with Crippen molar-refractivity contribution in [3.05, 3.63) is 33.9 Å². The molecule has 0 aliphatic heterocycles. The number of nitrogens with one attached hydrogen (secondary N) is 1. The second-order valence-electron chi connectivity index (χ2n) is 6.48. The smallest absolute Gasteiger partial charge is 0.477 e. The molecule has 1 amide bonds. The monoisotopic (exact) mass is 414 g/mol. The number of alkyl carbamates (subject to hydrolysis) is 1. The second kappa shape index (κ2) is 10.8. The third-order valence-corrected chi connectivity index (χ3v) is 2.96. The van der Waals surface area contributed by atoms with Crippen LogP contribution in [0.15, 0.2) is 18.2 Å². The summed E-state index contributed by atoms with van der Waals surface area (Å²) in [4.78, 5) is 43.9. The molecule has 1 aromatic rings. The van der Waals surface area contributed by atoms with Crippen molar-refractivity contribution in [2.75, 3.05) is 26.4 Å². The van der Waals surface area contributed by atoms with Crippen molar-refractivity contribution in [3.63, 3.8) is 0 Å². The van der Waals surface area contributed by atoms with E-state index in [-0.39, 0.29) is 32.1 Å². The van der Waals surface area contributed by atoms with Crippen LogP contribution in [-0.2, 0) is 14.2 Å². The van der Waals surface area contributed by atoms with Crippen LogP contribution in [0.1, 0.15) is 31.1 Å². The Balaban J connectivity index is 2.29. The molecule has 0 fully saturated rings. The zero-order chi connectivity index (χ0) is 22.0. The first-order valence-corrected chi connectivity index (χ1v) is 8.40. The minimum absolute atomic E-state index is 0.0196. The van der Waals surface area contributed by atoms with Gasteiger partial charge in [0.1, 0.15) is 23.5 Å². The summed E-state index contributed by atoms with van der Waals surface area (Å²) in [5.41, 5.74) is -1.86. The van der Waals surface area contributed by atoms with Crippen molar-refractivity contribution in [2.24, 2.45) is 0 Å². The number of carboxylic acid groups (broad SMARTS) is 1. The maximum atomic E-state index is 11.6. The Hall–Kier alpha value is -3.41. The lowest BCUT2D eigenvalue weighted by Crippen LogP contribution is -2.34. The number of nitro benzene ring substituents is 1. The van der Waals surface area contributed by atoms with Gasteiger partial charge >= 0.3 is 18.2 Å². The molecule has 0 unspecified atom stereocenters. The van der Waals surface area contributed by atoms with Gasteiger partial charge in [0, 0.05) is 18.7 Å². The summed E-state index contributed by atoms with van der Waals surface area (Å²) < 4.78 is 19.7. The molecule has 0 saturated carbocycles. The van der Waals surface area contributed by atoms with Gasteiger partial charge in [-0.3, -0.25) is 10.1 Å². The summed E-state index contributed by atoms with van der Waals surface area (Å²) in [5.74, 6) is -1.76. The largest absolute Gasteiger partial charge is 0.513 e. The Bertz CT molecular complexity index is 757. The van der Waals surface area contributed by atoms with Gasteiger partial charge in [0.25, 0.3) is 5.69 Å². The summed E-state index contributed by atoms with van der Waals surface area (Å²) in [5, 5.41) is 22.2. The molecule has 0 atom stereocenters. The van der Waals surface area contributed by atoms with Gasteiger partial charge in [-0.1, -0.05) is 0 Å². The molecule has 29 heavy (non-hydrogen) atoms. The number of hydrogen-bond donors (Lipinski definition) is 2. The van der Waals surface area contributed by atoms with E-state index in [0.717, 1.165) is 18.2 Å². The lowest BCUT2D eigenvalue weighted by Gasteiger charge is -2.19. The zero-order valence-corrected chi connectivity index (χ0v) is 16.1. The first-order chi connectivity index (χ1) is 13.5. The highest BCUT2D eigenvalue weighted by Gasteiger charge is 2.21. The molecule has 0 aliphatic rings. The molecule has 0 radical (unpaired) electrons. The molecule has 0 spiro atoms. The molecule has 0 saturated heterocycles. The quantitative estimate of drug-likeness (QED) is 0.201. The molecule has 0 aromatic heterocycles. The third kappa shape index (κ3) is 9.37. The van der Waals surface area contributed by atoms with E-state index in [1.807, 2.05) is 0 Å². The molecule has 0 bridgehead atoms. The first kappa shape index (κ1) is 23.6. The van der Waals surface area contributed by atoms with Crippen molar-refractivity contribution in [1.82, 2.24) is 5.32 Å². The highest BCUT2D eigenvalue weighted by molar-refractivity contribution is 5.93. The summed E-state index contributed by atoms with van der Waals surface area (Å²) in [6.45, 7) is 5.41. The number of carbonyl (C=O) groups is 3. The Morgan fingerprint density at radius 2 is 1.86 bits per heavy atom. The van der Waals surface area contributed by atoms with Gasteiger partial charge in [-0.15, -0.1) is 0 Å². The van der Waals surface area contributed by atoms with Crippen LogP contribution in [0.3, 0.4) is 0 Å². The first-order valence-electron chi connectivity index (χ1n) is 8.40. The molecular formula is C17H22N2O10. The number of carbonyl (C=O) groups excluding carboxylic acids is 2. The van der Waals surface area contributed by atoms with Crippen molar-refractivity contribution >= 4 is 23.9 Å². The fraction of sp³-hybridized carbons (Fsp3) is 0.471. The van der Waals surface area contributed by atoms with Crippen LogP contribution >= 0.6 is 0 Å². The highest BCUT2D eigenvalue weighted by atomic mass is 16.7. The molecule has 0 heterocycles. The highest BCUT2D eigenvalue weighted by Crippen LogP contribution is 2.24. The van der Waals surface area contributed by atoms with E-state index in [0.29, 0.717) is 0 Å². The molecule has 160 valence electrons. The van der Waals surface area contributed by atoms with Crippen molar-refractivity contribution in [1.29, 1.82) is 0 Å². The van der Waals surface area contributed by atoms with Crippen LogP contribution in [0.25, 0.3) is 0 Å². The lowest BCUT2D eigenvalue weighted by molar-refractivity contribution is -0.385. The molecule has 2 N–H and O–H groups in total. The predicted molar refractivity (Wildman–Crippen MR) is 97.1 cm³/mol. The number of amides is 1. The summed E-state index contributed by atoms with van der Waals surface area (Å²) in [7, 11) is 0. The van der Waals surface area contributed by atoms with Gasteiger partial charge in [0.15, 0.2) is 0 Å². The lowest BCUT2D eigenvalue weighted by atomic mass is 10.2. The normalized spacial score (nSPS) is 10.7. The maximum Gasteiger partial charge on any atom is 0.513 e. The number of aromatic carboxylic acids is 1. The number of hydrogen-bond acceptors (Lipinski definition) is 9. The van der Waals surface area contributed by atoms with Crippen molar-refractivity contribution in [3.8, 4) is 5.75 Å². The van der Waals surface area contributed by atoms with Crippen LogP contribution in [0.5, 0.6) is 5.75 Å². The van der Waals surface area contributed by atoms with E-state index >= 15 is 0 Å². The van der Waals surface area contributed by atoms with Crippen LogP contribution in [-0.4, -0.2) is 60.2 Å². The maximum absolute atomic E-state index is 11.6. The zero-order valence-electron chi connectivity index (χ0n) is 16.1. The topological polar surface area (TPSA) is 164 Å². The predicted octanol–water partition coefficient (Wildman–Crippen LogP) is 2.35. The molecular weight excluding hydrogens is 392 g/mol. The number of rotatable bonds is 9. The van der Waals surface area contributed by atoms with E-state index in [1.54, 1.807) is 20.8 Å². The Kier molecular flexibility index (Phi) is 8.80. The average Bonchev–Trinajstić information content (AvgIpc) is 2.59. The summed E-state index contributed by atoms with van der Waals surface area (Å²) >= 11 is 0. The average molecular weight is 414 g/mol. The number of benzene rings is 1. The van der Waals surface area contributed by atoms with Crippen LogP contribution in [0, 0.1) is 10.1 Å². The van der Waals surface area contributed by atoms with E-state index in [4.69, 9.17) is 24.1 Å². The Morgan fingerprint density at radius 1 is 1.17 bits per heavy atom. The van der Waals surface area contributed by atoms with Gasteiger partial charge < -0.3 is 29.4 Å². The van der Waals surface area contributed by atoms with Crippen LogP contribution in [0.2, 0.25) is 0 Å². The standard InChI is InChI=1S/C17H22N2O10/c1-17(2,3)29-15(22)18-6-7-26-8-9-27-16(23)28-11-4-5-13(19(24)25)12(10-11)14(20)21/h4-5,10H,6-9H2,1-3H3,(H,18,22)(H,20,21). The number of ether oxygens (including phenoxy) is 4. The summed E-state index contributed by atoms with van der Waals surface area (Å²) in [6.07, 6.45) is -1.71. The van der Waals surface area contributed by atoms with Gasteiger partial charge in [-0.2, -0.15) is 0 Å². The van der Waals surface area contributed by atoms with E-state index in [2.05, 4.69) is 5.32 Å². The van der Waals surface area contributed by atoms with Crippen LogP contribution < -0.4 is 10.1 Å². The molecule has 0 aliphatic carbocycles. The van der Waals surface area contributed by atoms with Gasteiger partial charge in [0.2, 0.25) is 0 Å². The van der Waals surface area contributed by atoms with Gasteiger partial charge in [-0.05, 0) is 26.8 Å².